The molecule has 19 heavy (non-hydrogen) atoms. The molecule has 2 N–H and O–H groups in total. The van der Waals surface area contributed by atoms with Gasteiger partial charge in [-0.2, -0.15) is 0 Å². The molecule has 1 aromatic heterocycles. The summed E-state index contributed by atoms with van der Waals surface area (Å²) in [5, 5.41) is 3.73. The minimum absolute atomic E-state index is 0.0320. The summed E-state index contributed by atoms with van der Waals surface area (Å²) in [5.74, 6) is 0. The molecule has 0 spiro atoms. The van der Waals surface area contributed by atoms with Crippen LogP contribution in [0, 0.1) is 0 Å². The maximum absolute atomic E-state index is 6.72. The molecule has 1 aliphatic carbocycles. The van der Waals surface area contributed by atoms with Gasteiger partial charge in [0.25, 0.3) is 0 Å². The van der Waals surface area contributed by atoms with E-state index in [9.17, 15) is 0 Å². The normalized spacial score (nSPS) is 20.1. The molecule has 1 saturated carbocycles. The minimum Gasteiger partial charge on any atom is -0.325 e. The first kappa shape index (κ1) is 13.1. The zero-order valence-electron chi connectivity index (χ0n) is 11.5. The number of rotatable bonds is 2. The van der Waals surface area contributed by atoms with Crippen LogP contribution in [-0.4, -0.2) is 5.54 Å². The van der Waals surface area contributed by atoms with E-state index in [1.807, 2.05) is 11.3 Å². The monoisotopic (exact) mass is 273 g/mol. The molecule has 0 radical (unpaired) electrons. The molecule has 0 amide bonds. The van der Waals surface area contributed by atoms with E-state index in [1.165, 1.54) is 60.6 Å². The van der Waals surface area contributed by atoms with E-state index >= 15 is 0 Å². The molecule has 3 rings (SSSR count). The summed E-state index contributed by atoms with van der Waals surface area (Å²) in [6, 6.07) is 8.72. The van der Waals surface area contributed by atoms with Crippen molar-refractivity contribution >= 4 is 21.4 Å². The van der Waals surface area contributed by atoms with Gasteiger partial charge in [-0.15, -0.1) is 11.3 Å². The SMILES string of the molecule is NC1(Cc2csc3ccccc23)CCCCCCC1. The molecule has 2 heteroatoms. The fourth-order valence-corrected chi connectivity index (χ4v) is 4.30. The molecule has 1 heterocycles. The molecule has 1 aliphatic rings. The largest absolute Gasteiger partial charge is 0.325 e. The Hall–Kier alpha value is -0.860. The summed E-state index contributed by atoms with van der Waals surface area (Å²) in [6.07, 6.45) is 10.2. The molecular formula is C17H23NS. The molecule has 1 fully saturated rings. The predicted molar refractivity (Wildman–Crippen MR) is 84.8 cm³/mol. The average Bonchev–Trinajstić information content (AvgIpc) is 2.78. The summed E-state index contributed by atoms with van der Waals surface area (Å²) >= 11 is 1.85. The van der Waals surface area contributed by atoms with Gasteiger partial charge in [-0.25, -0.2) is 0 Å². The van der Waals surface area contributed by atoms with Crippen molar-refractivity contribution in [2.24, 2.45) is 5.73 Å². The third-order valence-corrected chi connectivity index (χ3v) is 5.47. The van der Waals surface area contributed by atoms with Crippen LogP contribution in [0.4, 0.5) is 0 Å². The Bertz CT molecular complexity index is 535. The van der Waals surface area contributed by atoms with E-state index in [0.29, 0.717) is 0 Å². The van der Waals surface area contributed by atoms with Gasteiger partial charge in [-0.05, 0) is 41.7 Å². The van der Waals surface area contributed by atoms with E-state index in [-0.39, 0.29) is 5.54 Å². The van der Waals surface area contributed by atoms with Crippen LogP contribution in [0.1, 0.15) is 50.5 Å². The zero-order valence-corrected chi connectivity index (χ0v) is 12.3. The Balaban J connectivity index is 1.82. The molecule has 0 bridgehead atoms. The van der Waals surface area contributed by atoms with Crippen LogP contribution in [0.3, 0.4) is 0 Å². The topological polar surface area (TPSA) is 26.0 Å². The van der Waals surface area contributed by atoms with Crippen molar-refractivity contribution in [2.75, 3.05) is 0 Å². The van der Waals surface area contributed by atoms with Crippen molar-refractivity contribution in [3.63, 3.8) is 0 Å². The Morgan fingerprint density at radius 2 is 1.68 bits per heavy atom. The summed E-state index contributed by atoms with van der Waals surface area (Å²) in [7, 11) is 0. The zero-order chi connectivity index (χ0) is 13.1. The molecule has 1 nitrogen and oxygen atoms in total. The van der Waals surface area contributed by atoms with E-state index in [2.05, 4.69) is 29.6 Å². The Morgan fingerprint density at radius 3 is 2.47 bits per heavy atom. The summed E-state index contributed by atoms with van der Waals surface area (Å²) in [4.78, 5) is 0. The highest BCUT2D eigenvalue weighted by Crippen LogP contribution is 2.32. The second-order valence-electron chi connectivity index (χ2n) is 6.06. The van der Waals surface area contributed by atoms with Gasteiger partial charge in [-0.3, -0.25) is 0 Å². The molecule has 0 saturated heterocycles. The van der Waals surface area contributed by atoms with Gasteiger partial charge in [0.2, 0.25) is 0 Å². The van der Waals surface area contributed by atoms with Crippen LogP contribution >= 0.6 is 11.3 Å². The van der Waals surface area contributed by atoms with Gasteiger partial charge < -0.3 is 5.73 Å². The Morgan fingerprint density at radius 1 is 1.00 bits per heavy atom. The maximum atomic E-state index is 6.72. The van der Waals surface area contributed by atoms with Crippen molar-refractivity contribution in [2.45, 2.75) is 56.9 Å². The van der Waals surface area contributed by atoms with Crippen LogP contribution in [-0.2, 0) is 6.42 Å². The molecule has 1 aromatic carbocycles. The molecule has 0 atom stereocenters. The van der Waals surface area contributed by atoms with Crippen molar-refractivity contribution < 1.29 is 0 Å². The highest BCUT2D eigenvalue weighted by Gasteiger charge is 2.26. The Kier molecular flexibility index (Phi) is 3.90. The summed E-state index contributed by atoms with van der Waals surface area (Å²) < 4.78 is 1.40. The van der Waals surface area contributed by atoms with Crippen LogP contribution in [0.15, 0.2) is 29.6 Å². The van der Waals surface area contributed by atoms with E-state index in [0.717, 1.165) is 6.42 Å². The fraction of sp³-hybridized carbons (Fsp3) is 0.529. The first-order valence-electron chi connectivity index (χ1n) is 7.51. The maximum Gasteiger partial charge on any atom is 0.0345 e. The number of nitrogens with two attached hydrogens (primary N) is 1. The van der Waals surface area contributed by atoms with Crippen molar-refractivity contribution in [3.05, 3.63) is 35.2 Å². The molecule has 2 aromatic rings. The number of thiophene rings is 1. The molecular weight excluding hydrogens is 250 g/mol. The van der Waals surface area contributed by atoms with Gasteiger partial charge in [-0.1, -0.05) is 50.3 Å². The highest BCUT2D eigenvalue weighted by atomic mass is 32.1. The molecule has 0 aliphatic heterocycles. The van der Waals surface area contributed by atoms with Gasteiger partial charge >= 0.3 is 0 Å². The smallest absolute Gasteiger partial charge is 0.0345 e. The summed E-state index contributed by atoms with van der Waals surface area (Å²) in [5.41, 5.74) is 8.21. The second-order valence-corrected chi connectivity index (χ2v) is 6.98. The number of benzene rings is 1. The standard InChI is InChI=1S/C17H23NS/c18-17(10-6-2-1-3-7-11-17)12-14-13-19-16-9-5-4-8-15(14)16/h4-5,8-9,13H,1-3,6-7,10-12,18H2. The fourth-order valence-electron chi connectivity index (χ4n) is 3.34. The van der Waals surface area contributed by atoms with Gasteiger partial charge in [0.05, 0.1) is 0 Å². The van der Waals surface area contributed by atoms with Gasteiger partial charge in [0, 0.05) is 10.2 Å². The van der Waals surface area contributed by atoms with Gasteiger partial charge in [0.1, 0.15) is 0 Å². The first-order chi connectivity index (χ1) is 9.27. The average molecular weight is 273 g/mol. The quantitative estimate of drug-likeness (QED) is 0.828. The predicted octanol–water partition coefficient (Wildman–Crippen LogP) is 4.89. The number of hydrogen-bond acceptors (Lipinski definition) is 2. The lowest BCUT2D eigenvalue weighted by atomic mass is 9.80. The third kappa shape index (κ3) is 3.01. The Labute approximate surface area is 119 Å². The number of hydrogen-bond donors (Lipinski definition) is 1. The van der Waals surface area contributed by atoms with E-state index < -0.39 is 0 Å². The number of fused-ring (bicyclic) bond motifs is 1. The van der Waals surface area contributed by atoms with Crippen LogP contribution < -0.4 is 5.73 Å². The van der Waals surface area contributed by atoms with Crippen LogP contribution in [0.5, 0.6) is 0 Å². The van der Waals surface area contributed by atoms with Gasteiger partial charge in [0.15, 0.2) is 0 Å². The van der Waals surface area contributed by atoms with Crippen LogP contribution in [0.2, 0.25) is 0 Å². The first-order valence-corrected chi connectivity index (χ1v) is 8.39. The summed E-state index contributed by atoms with van der Waals surface area (Å²) in [6.45, 7) is 0. The lowest BCUT2D eigenvalue weighted by Crippen LogP contribution is -2.42. The van der Waals surface area contributed by atoms with E-state index in [4.69, 9.17) is 5.73 Å². The highest BCUT2D eigenvalue weighted by molar-refractivity contribution is 7.17. The van der Waals surface area contributed by atoms with E-state index in [1.54, 1.807) is 0 Å². The van der Waals surface area contributed by atoms with Crippen molar-refractivity contribution in [1.82, 2.24) is 0 Å². The lowest BCUT2D eigenvalue weighted by molar-refractivity contribution is 0.315. The van der Waals surface area contributed by atoms with Crippen molar-refractivity contribution in [3.8, 4) is 0 Å². The van der Waals surface area contributed by atoms with Crippen molar-refractivity contribution in [1.29, 1.82) is 0 Å². The molecule has 102 valence electrons. The lowest BCUT2D eigenvalue weighted by Gasteiger charge is -2.31. The molecule has 0 unspecified atom stereocenters. The second kappa shape index (κ2) is 5.64. The minimum atomic E-state index is 0.0320. The third-order valence-electron chi connectivity index (χ3n) is 4.45. The van der Waals surface area contributed by atoms with Crippen LogP contribution in [0.25, 0.3) is 10.1 Å².